The Balaban J connectivity index is 0. The van der Waals surface area contributed by atoms with Crippen LogP contribution in [-0.2, 0) is 4.74 Å². The minimum atomic E-state index is -0.710. The zero-order valence-corrected chi connectivity index (χ0v) is 11.0. The summed E-state index contributed by atoms with van der Waals surface area (Å²) in [7, 11) is 0. The van der Waals surface area contributed by atoms with Gasteiger partial charge in [0.25, 0.3) is 5.91 Å². The fourth-order valence-electron chi connectivity index (χ4n) is 0.994. The first kappa shape index (κ1) is 13.4. The van der Waals surface area contributed by atoms with Crippen LogP contribution in [0.25, 0.3) is 0 Å². The number of aryl methyl sites for hydroxylation is 1. The van der Waals surface area contributed by atoms with Crippen molar-refractivity contribution in [3.63, 3.8) is 0 Å². The Labute approximate surface area is 106 Å². The lowest BCUT2D eigenvalue weighted by Gasteiger charge is -2.19. The van der Waals surface area contributed by atoms with Gasteiger partial charge in [-0.1, -0.05) is 0 Å². The zero-order chi connectivity index (χ0) is 13.1. The predicted octanol–water partition coefficient (Wildman–Crippen LogP) is 2.11. The number of thiazole rings is 1. The maximum atomic E-state index is 11.6. The Kier molecular flexibility index (Phi) is 4.06. The largest absolute Gasteiger partial charge is 0.443 e. The summed E-state index contributed by atoms with van der Waals surface area (Å²) >= 11 is 1.36. The molecule has 7 heteroatoms. The van der Waals surface area contributed by atoms with E-state index in [9.17, 15) is 9.59 Å². The molecular weight excluding hydrogens is 242 g/mol. The molecule has 0 atom stereocenters. The van der Waals surface area contributed by atoms with E-state index < -0.39 is 17.6 Å². The van der Waals surface area contributed by atoms with E-state index in [1.165, 1.54) is 11.3 Å². The first-order valence-corrected chi connectivity index (χ1v) is 5.87. The number of hydrogen-bond acceptors (Lipinski definition) is 5. The Hall–Kier alpha value is -1.63. The third-order valence-electron chi connectivity index (χ3n) is 1.64. The first-order chi connectivity index (χ1) is 7.79. The van der Waals surface area contributed by atoms with Gasteiger partial charge in [-0.15, -0.1) is 11.3 Å². The molecule has 0 aliphatic heterocycles. The lowest BCUT2D eigenvalue weighted by Crippen LogP contribution is -2.44. The van der Waals surface area contributed by atoms with E-state index in [4.69, 9.17) is 4.74 Å². The molecule has 0 radical (unpaired) electrons. The van der Waals surface area contributed by atoms with Crippen molar-refractivity contribution in [3.8, 4) is 0 Å². The number of rotatable bonds is 1. The Morgan fingerprint density at radius 3 is 2.53 bits per heavy atom. The van der Waals surface area contributed by atoms with E-state index in [0.29, 0.717) is 5.69 Å². The highest BCUT2D eigenvalue weighted by Gasteiger charge is 2.17. The molecule has 1 heterocycles. The van der Waals surface area contributed by atoms with Crippen LogP contribution in [0.2, 0.25) is 0 Å². The van der Waals surface area contributed by atoms with Gasteiger partial charge in [0.05, 0.1) is 5.51 Å². The number of ether oxygens (including phenoxy) is 1. The molecular formula is C10H19N3O3S. The van der Waals surface area contributed by atoms with Gasteiger partial charge in [0.1, 0.15) is 11.3 Å². The van der Waals surface area contributed by atoms with Crippen molar-refractivity contribution in [2.45, 2.75) is 33.3 Å². The Bertz CT molecular complexity index is 432. The summed E-state index contributed by atoms with van der Waals surface area (Å²) in [5.41, 5.74) is 5.65. The molecule has 1 aromatic rings. The summed E-state index contributed by atoms with van der Waals surface area (Å²) in [4.78, 5) is 27.5. The molecule has 0 unspecified atom stereocenters. The van der Waals surface area contributed by atoms with E-state index in [-0.39, 0.29) is 2.85 Å². The van der Waals surface area contributed by atoms with E-state index in [1.807, 2.05) is 0 Å². The third-order valence-corrected chi connectivity index (χ3v) is 2.39. The highest BCUT2D eigenvalue weighted by Crippen LogP contribution is 2.10. The lowest BCUT2D eigenvalue weighted by molar-refractivity contribution is 0.0483. The van der Waals surface area contributed by atoms with Crippen molar-refractivity contribution in [1.29, 1.82) is 0 Å². The molecule has 0 fully saturated rings. The van der Waals surface area contributed by atoms with Gasteiger partial charge in [-0.2, -0.15) is 0 Å². The lowest BCUT2D eigenvalue weighted by atomic mass is 10.2. The van der Waals surface area contributed by atoms with Gasteiger partial charge < -0.3 is 4.74 Å². The number of nitrogens with zero attached hydrogens (tertiary/aromatic N) is 1. The minimum Gasteiger partial charge on any atom is -0.443 e. The van der Waals surface area contributed by atoms with Gasteiger partial charge in [-0.05, 0) is 27.7 Å². The van der Waals surface area contributed by atoms with Gasteiger partial charge >= 0.3 is 6.09 Å². The number of aromatic nitrogens is 1. The van der Waals surface area contributed by atoms with Crippen LogP contribution < -0.4 is 10.9 Å². The summed E-state index contributed by atoms with van der Waals surface area (Å²) in [6.07, 6.45) is -0.710. The fourth-order valence-corrected chi connectivity index (χ4v) is 1.57. The second-order valence-corrected chi connectivity index (χ2v) is 5.40. The average Bonchev–Trinajstić information content (AvgIpc) is 2.58. The monoisotopic (exact) mass is 261 g/mol. The number of hydrazine groups is 1. The zero-order valence-electron chi connectivity index (χ0n) is 10.2. The van der Waals surface area contributed by atoms with Crippen molar-refractivity contribution in [3.05, 3.63) is 16.1 Å². The molecule has 2 N–H and O–H groups in total. The van der Waals surface area contributed by atoms with E-state index in [2.05, 4.69) is 15.8 Å². The van der Waals surface area contributed by atoms with Crippen LogP contribution in [0.3, 0.4) is 0 Å². The molecule has 98 valence electrons. The summed E-state index contributed by atoms with van der Waals surface area (Å²) in [6.45, 7) is 6.98. The normalized spacial score (nSPS) is 10.8. The number of amides is 2. The van der Waals surface area contributed by atoms with Crippen LogP contribution in [0.5, 0.6) is 0 Å². The molecule has 2 amide bonds. The van der Waals surface area contributed by atoms with E-state index in [1.54, 1.807) is 33.2 Å². The van der Waals surface area contributed by atoms with Crippen LogP contribution in [0, 0.1) is 6.92 Å². The summed E-state index contributed by atoms with van der Waals surface area (Å²) in [6, 6.07) is 0. The number of carbonyl (C=O) groups is 2. The summed E-state index contributed by atoms with van der Waals surface area (Å²) < 4.78 is 4.95. The molecule has 17 heavy (non-hydrogen) atoms. The van der Waals surface area contributed by atoms with Crippen LogP contribution >= 0.6 is 11.3 Å². The summed E-state index contributed by atoms with van der Waals surface area (Å²) in [5, 5.41) is 0. The third kappa shape index (κ3) is 4.39. The van der Waals surface area contributed by atoms with Crippen molar-refractivity contribution in [2.24, 2.45) is 0 Å². The second kappa shape index (κ2) is 5.13. The SMILES string of the molecule is Cc1scnc1C(=O)NNC(=O)OC(C)(C)C.[HH].[HH]. The molecule has 6 nitrogen and oxygen atoms in total. The highest BCUT2D eigenvalue weighted by molar-refractivity contribution is 7.09. The summed E-state index contributed by atoms with van der Waals surface area (Å²) in [5.74, 6) is -0.463. The Morgan fingerprint density at radius 1 is 1.41 bits per heavy atom. The second-order valence-electron chi connectivity index (χ2n) is 4.34. The fraction of sp³-hybridized carbons (Fsp3) is 0.500. The van der Waals surface area contributed by atoms with Crippen LogP contribution in [0.4, 0.5) is 4.79 Å². The van der Waals surface area contributed by atoms with E-state index in [0.717, 1.165) is 4.88 Å². The van der Waals surface area contributed by atoms with Crippen LogP contribution in [0.15, 0.2) is 5.51 Å². The van der Waals surface area contributed by atoms with Gasteiger partial charge in [0, 0.05) is 7.73 Å². The van der Waals surface area contributed by atoms with Crippen molar-refractivity contribution in [1.82, 2.24) is 15.8 Å². The van der Waals surface area contributed by atoms with Crippen molar-refractivity contribution in [2.75, 3.05) is 0 Å². The highest BCUT2D eigenvalue weighted by atomic mass is 32.1. The van der Waals surface area contributed by atoms with Gasteiger partial charge in [0.15, 0.2) is 0 Å². The predicted molar refractivity (Wildman–Crippen MR) is 67.9 cm³/mol. The molecule has 0 aromatic carbocycles. The Morgan fingerprint density at radius 2 is 2.06 bits per heavy atom. The molecule has 0 saturated heterocycles. The standard InChI is InChI=1S/C10H15N3O3S.2H2/c1-6-7(11-5-17-6)8(14)12-13-9(15)16-10(2,3)4;;/h5H,1-4H3,(H,12,14)(H,13,15);2*1H. The molecule has 0 aliphatic carbocycles. The number of hydrogen-bond donors (Lipinski definition) is 2. The number of nitrogens with one attached hydrogen (secondary N) is 2. The number of carbonyl (C=O) groups excluding carboxylic acids is 2. The van der Waals surface area contributed by atoms with Crippen LogP contribution in [-0.4, -0.2) is 22.6 Å². The van der Waals surface area contributed by atoms with Crippen molar-refractivity contribution >= 4 is 23.3 Å². The minimum absolute atomic E-state index is 0. The maximum absolute atomic E-state index is 11.6. The molecule has 1 rings (SSSR count). The quantitative estimate of drug-likeness (QED) is 0.759. The molecule has 0 aliphatic rings. The maximum Gasteiger partial charge on any atom is 0.426 e. The van der Waals surface area contributed by atoms with Gasteiger partial charge in [-0.3, -0.25) is 10.2 Å². The molecule has 0 spiro atoms. The van der Waals surface area contributed by atoms with Gasteiger partial charge in [0.2, 0.25) is 0 Å². The van der Waals surface area contributed by atoms with Gasteiger partial charge in [-0.25, -0.2) is 15.2 Å². The average molecular weight is 261 g/mol. The molecule has 0 saturated carbocycles. The first-order valence-electron chi connectivity index (χ1n) is 4.99. The molecule has 0 bridgehead atoms. The van der Waals surface area contributed by atoms with Crippen molar-refractivity contribution < 1.29 is 17.2 Å². The smallest absolute Gasteiger partial charge is 0.426 e. The van der Waals surface area contributed by atoms with E-state index >= 15 is 0 Å². The molecule has 1 aromatic heterocycles. The van der Waals surface area contributed by atoms with Crippen LogP contribution in [0.1, 0.15) is 39.0 Å². The topological polar surface area (TPSA) is 80.3 Å².